The molecule has 0 radical (unpaired) electrons. The number of benzene rings is 2. The molecule has 3 nitrogen and oxygen atoms in total. The predicted molar refractivity (Wildman–Crippen MR) is 83.9 cm³/mol. The minimum absolute atomic E-state index is 0.152. The molecule has 0 amide bonds. The topological polar surface area (TPSA) is 46.5 Å². The zero-order valence-corrected chi connectivity index (χ0v) is 13.0. The minimum atomic E-state index is -4.72. The lowest BCUT2D eigenvalue weighted by Gasteiger charge is -2.07. The molecule has 0 aliphatic carbocycles. The summed E-state index contributed by atoms with van der Waals surface area (Å²) in [5.41, 5.74) is 1.26. The monoisotopic (exact) mass is 336 g/mol. The van der Waals surface area contributed by atoms with Crippen LogP contribution in [0.3, 0.4) is 0 Å². The summed E-state index contributed by atoms with van der Waals surface area (Å²) in [6.07, 6.45) is -4.72. The summed E-state index contributed by atoms with van der Waals surface area (Å²) in [6.45, 7) is 4.00. The van der Waals surface area contributed by atoms with E-state index in [0.29, 0.717) is 11.1 Å². The van der Waals surface area contributed by atoms with Crippen LogP contribution < -0.4 is 4.74 Å². The minimum Gasteiger partial charge on any atom is -0.478 e. The van der Waals surface area contributed by atoms with Crippen LogP contribution in [-0.2, 0) is 0 Å². The van der Waals surface area contributed by atoms with E-state index in [-0.39, 0.29) is 11.3 Å². The molecule has 2 aromatic carbocycles. The molecule has 0 atom stereocenters. The van der Waals surface area contributed by atoms with Gasteiger partial charge in [-0.2, -0.15) is 0 Å². The van der Waals surface area contributed by atoms with Crippen LogP contribution in [0.25, 0.3) is 0 Å². The second kappa shape index (κ2) is 8.63. The average molecular weight is 336 g/mol. The Morgan fingerprint density at radius 1 is 0.917 bits per heavy atom. The van der Waals surface area contributed by atoms with E-state index in [1.165, 1.54) is 36.4 Å². The highest BCUT2D eigenvalue weighted by molar-refractivity contribution is 5.87. The summed E-state index contributed by atoms with van der Waals surface area (Å²) in [6, 6.07) is 11.1. The first-order chi connectivity index (χ1) is 11.3. The van der Waals surface area contributed by atoms with Gasteiger partial charge < -0.3 is 9.84 Å². The van der Waals surface area contributed by atoms with Crippen molar-refractivity contribution < 1.29 is 27.8 Å². The summed E-state index contributed by atoms with van der Waals surface area (Å²) in [5, 5.41) is 8.76. The molecule has 0 bridgehead atoms. The molecule has 0 unspecified atom stereocenters. The molecule has 0 fully saturated rings. The van der Waals surface area contributed by atoms with Gasteiger partial charge in [0.25, 0.3) is 0 Å². The smallest absolute Gasteiger partial charge is 0.478 e. The fourth-order valence-electron chi connectivity index (χ4n) is 1.58. The number of ether oxygens (including phenoxy) is 1. The third kappa shape index (κ3) is 6.44. The van der Waals surface area contributed by atoms with E-state index in [9.17, 15) is 18.0 Å². The maximum atomic E-state index is 12.0. The van der Waals surface area contributed by atoms with Gasteiger partial charge in [-0.25, -0.2) is 4.79 Å². The van der Waals surface area contributed by atoms with Gasteiger partial charge in [-0.1, -0.05) is 25.7 Å². The molecule has 126 valence electrons. The first kappa shape index (κ1) is 19.1. The Kier molecular flexibility index (Phi) is 6.87. The lowest BCUT2D eigenvalue weighted by atomic mass is 10.1. The number of carboxylic acids is 1. The summed E-state index contributed by atoms with van der Waals surface area (Å²) in [7, 11) is 0. The largest absolute Gasteiger partial charge is 0.573 e. The van der Waals surface area contributed by atoms with Crippen molar-refractivity contribution in [2.45, 2.75) is 20.2 Å². The first-order valence-corrected chi connectivity index (χ1v) is 7.05. The number of aromatic carboxylic acids is 1. The average Bonchev–Trinajstić information content (AvgIpc) is 2.55. The van der Waals surface area contributed by atoms with E-state index in [1.54, 1.807) is 12.1 Å². The standard InChI is InChI=1S/C16H9F3O3.C2H6/c17-16(18,19)22-14-9-5-12(6-10-14)2-1-11-3-7-13(8-4-11)15(20)21;1-2/h3-10H,(H,20,21);1-2H3. The molecule has 2 rings (SSSR count). The first-order valence-electron chi connectivity index (χ1n) is 7.05. The maximum absolute atomic E-state index is 12.0. The SMILES string of the molecule is CC.O=C(O)c1ccc(C#Cc2ccc(OC(F)(F)F)cc2)cc1. The van der Waals surface area contributed by atoms with Crippen molar-refractivity contribution in [3.8, 4) is 17.6 Å². The summed E-state index contributed by atoms with van der Waals surface area (Å²) in [5.74, 6) is 4.21. The molecule has 0 spiro atoms. The van der Waals surface area contributed by atoms with Crippen LogP contribution in [0.15, 0.2) is 48.5 Å². The number of rotatable bonds is 2. The van der Waals surface area contributed by atoms with Crippen LogP contribution in [0, 0.1) is 11.8 Å². The van der Waals surface area contributed by atoms with Crippen molar-refractivity contribution >= 4 is 5.97 Å². The molecule has 0 aliphatic heterocycles. The molecule has 24 heavy (non-hydrogen) atoms. The van der Waals surface area contributed by atoms with Gasteiger partial charge in [0.15, 0.2) is 0 Å². The van der Waals surface area contributed by atoms with Crippen LogP contribution in [0.2, 0.25) is 0 Å². The third-order valence-electron chi connectivity index (χ3n) is 2.57. The Morgan fingerprint density at radius 2 is 1.33 bits per heavy atom. The molecule has 0 heterocycles. The van der Waals surface area contributed by atoms with Gasteiger partial charge in [-0.15, -0.1) is 13.2 Å². The van der Waals surface area contributed by atoms with Gasteiger partial charge in [0.1, 0.15) is 5.75 Å². The van der Waals surface area contributed by atoms with Crippen LogP contribution in [0.4, 0.5) is 13.2 Å². The van der Waals surface area contributed by atoms with Crippen LogP contribution >= 0.6 is 0 Å². The van der Waals surface area contributed by atoms with Crippen molar-refractivity contribution in [2.24, 2.45) is 0 Å². The van der Waals surface area contributed by atoms with Crippen molar-refractivity contribution in [2.75, 3.05) is 0 Å². The molecule has 0 saturated heterocycles. The number of hydrogen-bond donors (Lipinski definition) is 1. The highest BCUT2D eigenvalue weighted by Gasteiger charge is 2.30. The molecular weight excluding hydrogens is 321 g/mol. The van der Waals surface area contributed by atoms with Crippen LogP contribution in [0.1, 0.15) is 35.3 Å². The van der Waals surface area contributed by atoms with E-state index in [1.807, 2.05) is 13.8 Å². The number of halogens is 3. The van der Waals surface area contributed by atoms with Crippen LogP contribution in [0.5, 0.6) is 5.75 Å². The fraction of sp³-hybridized carbons (Fsp3) is 0.167. The Hall–Kier alpha value is -2.94. The Labute approximate surface area is 137 Å². The van der Waals surface area contributed by atoms with E-state index in [2.05, 4.69) is 16.6 Å². The van der Waals surface area contributed by atoms with E-state index >= 15 is 0 Å². The summed E-state index contributed by atoms with van der Waals surface area (Å²) in [4.78, 5) is 10.7. The number of carboxylic acid groups (broad SMARTS) is 1. The van der Waals surface area contributed by atoms with E-state index in [4.69, 9.17) is 5.11 Å². The van der Waals surface area contributed by atoms with Crippen molar-refractivity contribution in [3.05, 3.63) is 65.2 Å². The highest BCUT2D eigenvalue weighted by atomic mass is 19.4. The van der Waals surface area contributed by atoms with Gasteiger partial charge in [0, 0.05) is 11.1 Å². The van der Waals surface area contributed by atoms with E-state index < -0.39 is 12.3 Å². The van der Waals surface area contributed by atoms with Gasteiger partial charge in [-0.3, -0.25) is 0 Å². The van der Waals surface area contributed by atoms with Gasteiger partial charge in [0.2, 0.25) is 0 Å². The van der Waals surface area contributed by atoms with Crippen molar-refractivity contribution in [3.63, 3.8) is 0 Å². The lowest BCUT2D eigenvalue weighted by Crippen LogP contribution is -2.16. The van der Waals surface area contributed by atoms with Crippen LogP contribution in [-0.4, -0.2) is 17.4 Å². The van der Waals surface area contributed by atoms with Gasteiger partial charge in [0.05, 0.1) is 5.56 Å². The molecule has 0 aliphatic rings. The van der Waals surface area contributed by atoms with Gasteiger partial charge >= 0.3 is 12.3 Å². The second-order valence-corrected chi connectivity index (χ2v) is 4.20. The number of alkyl halides is 3. The Balaban J connectivity index is 0.00000139. The second-order valence-electron chi connectivity index (χ2n) is 4.20. The summed E-state index contributed by atoms with van der Waals surface area (Å²) < 4.78 is 39.8. The third-order valence-corrected chi connectivity index (χ3v) is 2.57. The number of carbonyl (C=O) groups is 1. The zero-order valence-electron chi connectivity index (χ0n) is 13.0. The van der Waals surface area contributed by atoms with Crippen molar-refractivity contribution in [1.82, 2.24) is 0 Å². The molecule has 2 aromatic rings. The quantitative estimate of drug-likeness (QED) is 0.808. The maximum Gasteiger partial charge on any atom is 0.573 e. The normalized spacial score (nSPS) is 9.88. The predicted octanol–water partition coefficient (Wildman–Crippen LogP) is 4.71. The molecule has 0 saturated carbocycles. The Morgan fingerprint density at radius 3 is 1.71 bits per heavy atom. The summed E-state index contributed by atoms with van der Waals surface area (Å²) >= 11 is 0. The van der Waals surface area contributed by atoms with E-state index in [0.717, 1.165) is 0 Å². The highest BCUT2D eigenvalue weighted by Crippen LogP contribution is 2.22. The van der Waals surface area contributed by atoms with Crippen molar-refractivity contribution in [1.29, 1.82) is 0 Å². The molecule has 6 heteroatoms. The molecule has 0 aromatic heterocycles. The molecular formula is C18H15F3O3. The molecule has 1 N–H and O–H groups in total. The fourth-order valence-corrected chi connectivity index (χ4v) is 1.58. The Bertz CT molecular complexity index is 721. The lowest BCUT2D eigenvalue weighted by molar-refractivity contribution is -0.274. The zero-order chi connectivity index (χ0) is 18.2. The van der Waals surface area contributed by atoms with Gasteiger partial charge in [-0.05, 0) is 48.5 Å². The number of hydrogen-bond acceptors (Lipinski definition) is 2.